The highest BCUT2D eigenvalue weighted by molar-refractivity contribution is 7.89. The normalized spacial score (nSPS) is 11.6. The zero-order chi connectivity index (χ0) is 13.8. The second-order valence-electron chi connectivity index (χ2n) is 4.01. The molecule has 1 rings (SSSR count). The predicted octanol–water partition coefficient (Wildman–Crippen LogP) is 1.04. The van der Waals surface area contributed by atoms with Crippen LogP contribution in [0.4, 0.5) is 0 Å². The van der Waals surface area contributed by atoms with Gasteiger partial charge in [-0.3, -0.25) is 4.79 Å². The first-order valence-electron chi connectivity index (χ1n) is 5.46. The number of aryl methyl sites for hydroxylation is 1. The number of hydrogen-bond donors (Lipinski definition) is 0. The van der Waals surface area contributed by atoms with Crippen LogP contribution in [0, 0.1) is 0 Å². The van der Waals surface area contributed by atoms with E-state index in [2.05, 4.69) is 4.74 Å². The molecule has 0 N–H and O–H groups in total. The van der Waals surface area contributed by atoms with E-state index in [0.717, 1.165) is 9.87 Å². The summed E-state index contributed by atoms with van der Waals surface area (Å²) in [6.07, 6.45) is 0.825. The number of methoxy groups -OCH3 is 1. The van der Waals surface area contributed by atoms with Crippen molar-refractivity contribution in [3.8, 4) is 0 Å². The third kappa shape index (κ3) is 3.54. The highest BCUT2D eigenvalue weighted by Gasteiger charge is 2.16. The van der Waals surface area contributed by atoms with Crippen molar-refractivity contribution in [3.05, 3.63) is 29.8 Å². The van der Waals surface area contributed by atoms with Crippen molar-refractivity contribution in [1.29, 1.82) is 0 Å². The summed E-state index contributed by atoms with van der Waals surface area (Å²) >= 11 is 0. The van der Waals surface area contributed by atoms with Crippen molar-refractivity contribution < 1.29 is 17.9 Å². The predicted molar refractivity (Wildman–Crippen MR) is 67.7 cm³/mol. The van der Waals surface area contributed by atoms with Crippen LogP contribution in [0.3, 0.4) is 0 Å². The van der Waals surface area contributed by atoms with E-state index >= 15 is 0 Å². The first-order valence-corrected chi connectivity index (χ1v) is 6.90. The Hall–Kier alpha value is -1.40. The molecule has 0 saturated carbocycles. The minimum atomic E-state index is -3.39. The van der Waals surface area contributed by atoms with Gasteiger partial charge in [-0.05, 0) is 24.1 Å². The zero-order valence-corrected chi connectivity index (χ0v) is 11.5. The van der Waals surface area contributed by atoms with Gasteiger partial charge in [0.1, 0.15) is 0 Å². The second-order valence-corrected chi connectivity index (χ2v) is 6.16. The number of nitrogens with zero attached hydrogens (tertiary/aromatic N) is 1. The van der Waals surface area contributed by atoms with Crippen LogP contribution in [0.5, 0.6) is 0 Å². The van der Waals surface area contributed by atoms with Gasteiger partial charge in [0.25, 0.3) is 0 Å². The van der Waals surface area contributed by atoms with Crippen molar-refractivity contribution in [2.24, 2.45) is 0 Å². The lowest BCUT2D eigenvalue weighted by Gasteiger charge is -2.11. The molecule has 0 fully saturated rings. The van der Waals surface area contributed by atoms with Crippen molar-refractivity contribution in [1.82, 2.24) is 4.31 Å². The molecular formula is C12H17NO4S. The largest absolute Gasteiger partial charge is 0.469 e. The summed E-state index contributed by atoms with van der Waals surface area (Å²) in [6, 6.07) is 6.50. The molecule has 0 aliphatic rings. The van der Waals surface area contributed by atoms with Gasteiger partial charge in [0.15, 0.2) is 0 Å². The van der Waals surface area contributed by atoms with Gasteiger partial charge >= 0.3 is 5.97 Å². The van der Waals surface area contributed by atoms with Crippen LogP contribution in [0.15, 0.2) is 29.2 Å². The van der Waals surface area contributed by atoms with Gasteiger partial charge in [0.2, 0.25) is 10.0 Å². The van der Waals surface area contributed by atoms with Gasteiger partial charge in [-0.25, -0.2) is 12.7 Å². The molecule has 0 aromatic heterocycles. The van der Waals surface area contributed by atoms with E-state index < -0.39 is 10.0 Å². The van der Waals surface area contributed by atoms with E-state index in [1.54, 1.807) is 24.3 Å². The first kappa shape index (κ1) is 14.7. The molecule has 0 amide bonds. The van der Waals surface area contributed by atoms with Gasteiger partial charge in [-0.15, -0.1) is 0 Å². The Morgan fingerprint density at radius 1 is 1.22 bits per heavy atom. The number of carbonyl (C=O) groups is 1. The maximum absolute atomic E-state index is 11.8. The highest BCUT2D eigenvalue weighted by atomic mass is 32.2. The molecule has 0 aliphatic carbocycles. The summed E-state index contributed by atoms with van der Waals surface area (Å²) in [7, 11) is 0.928. The van der Waals surface area contributed by atoms with Crippen LogP contribution in [0.1, 0.15) is 12.0 Å². The van der Waals surface area contributed by atoms with Crippen LogP contribution in [-0.4, -0.2) is 39.9 Å². The lowest BCUT2D eigenvalue weighted by atomic mass is 10.1. The zero-order valence-electron chi connectivity index (χ0n) is 10.7. The average molecular weight is 271 g/mol. The Morgan fingerprint density at radius 2 is 1.78 bits per heavy atom. The van der Waals surface area contributed by atoms with E-state index in [0.29, 0.717) is 6.42 Å². The van der Waals surface area contributed by atoms with E-state index in [1.807, 2.05) is 0 Å². The summed E-state index contributed by atoms with van der Waals surface area (Å²) in [5.74, 6) is -0.278. The molecule has 0 unspecified atom stereocenters. The van der Waals surface area contributed by atoms with E-state index in [9.17, 15) is 13.2 Å². The van der Waals surface area contributed by atoms with E-state index in [1.165, 1.54) is 21.2 Å². The van der Waals surface area contributed by atoms with Crippen molar-refractivity contribution in [2.75, 3.05) is 21.2 Å². The van der Waals surface area contributed by atoms with Crippen molar-refractivity contribution in [3.63, 3.8) is 0 Å². The molecule has 0 spiro atoms. The Bertz CT molecular complexity index is 505. The van der Waals surface area contributed by atoms with Gasteiger partial charge in [-0.1, -0.05) is 12.1 Å². The standard InChI is InChI=1S/C12H17NO4S/c1-13(2)18(15,16)11-7-4-10(5-8-11)6-9-12(14)17-3/h4-5,7-8H,6,9H2,1-3H3. The third-order valence-corrected chi connectivity index (χ3v) is 4.38. The summed E-state index contributed by atoms with van der Waals surface area (Å²) < 4.78 is 29.3. The van der Waals surface area contributed by atoms with Gasteiger partial charge in [0.05, 0.1) is 12.0 Å². The Balaban J connectivity index is 2.78. The SMILES string of the molecule is COC(=O)CCc1ccc(S(=O)(=O)N(C)C)cc1. The Morgan fingerprint density at radius 3 is 2.22 bits per heavy atom. The quantitative estimate of drug-likeness (QED) is 0.751. The summed E-state index contributed by atoms with van der Waals surface area (Å²) in [6.45, 7) is 0. The van der Waals surface area contributed by atoms with Gasteiger partial charge in [0, 0.05) is 20.5 Å². The maximum Gasteiger partial charge on any atom is 0.305 e. The Kier molecular flexibility index (Phi) is 4.86. The molecule has 0 atom stereocenters. The molecule has 0 aliphatic heterocycles. The fourth-order valence-corrected chi connectivity index (χ4v) is 2.29. The average Bonchev–Trinajstić information content (AvgIpc) is 2.36. The molecule has 5 nitrogen and oxygen atoms in total. The highest BCUT2D eigenvalue weighted by Crippen LogP contribution is 2.14. The van der Waals surface area contributed by atoms with Gasteiger partial charge in [-0.2, -0.15) is 0 Å². The lowest BCUT2D eigenvalue weighted by molar-refractivity contribution is -0.140. The third-order valence-electron chi connectivity index (χ3n) is 2.55. The van der Waals surface area contributed by atoms with Crippen molar-refractivity contribution in [2.45, 2.75) is 17.7 Å². The van der Waals surface area contributed by atoms with Crippen LogP contribution in [0.25, 0.3) is 0 Å². The number of sulfonamides is 1. The van der Waals surface area contributed by atoms with Crippen LogP contribution in [-0.2, 0) is 26.0 Å². The number of benzene rings is 1. The number of hydrogen-bond acceptors (Lipinski definition) is 4. The molecular weight excluding hydrogens is 254 g/mol. The molecule has 1 aromatic carbocycles. The molecule has 1 aromatic rings. The molecule has 0 heterocycles. The molecule has 0 bridgehead atoms. The first-order chi connectivity index (χ1) is 8.37. The summed E-state index contributed by atoms with van der Waals surface area (Å²) in [4.78, 5) is 11.2. The molecule has 6 heteroatoms. The minimum absolute atomic E-state index is 0.245. The second kappa shape index (κ2) is 5.97. The summed E-state index contributed by atoms with van der Waals surface area (Å²) in [5, 5.41) is 0. The minimum Gasteiger partial charge on any atom is -0.469 e. The fourth-order valence-electron chi connectivity index (χ4n) is 1.39. The number of esters is 1. The summed E-state index contributed by atoms with van der Waals surface area (Å²) in [5.41, 5.74) is 0.901. The van der Waals surface area contributed by atoms with E-state index in [-0.39, 0.29) is 17.3 Å². The molecule has 100 valence electrons. The van der Waals surface area contributed by atoms with Crippen LogP contribution in [0.2, 0.25) is 0 Å². The molecule has 0 radical (unpaired) electrons. The van der Waals surface area contributed by atoms with E-state index in [4.69, 9.17) is 0 Å². The van der Waals surface area contributed by atoms with Crippen LogP contribution >= 0.6 is 0 Å². The number of rotatable bonds is 5. The molecule has 0 saturated heterocycles. The number of carbonyl (C=O) groups excluding carboxylic acids is 1. The smallest absolute Gasteiger partial charge is 0.305 e. The number of ether oxygens (including phenoxy) is 1. The Labute approximate surface area is 107 Å². The topological polar surface area (TPSA) is 63.7 Å². The van der Waals surface area contributed by atoms with Gasteiger partial charge < -0.3 is 4.74 Å². The lowest BCUT2D eigenvalue weighted by Crippen LogP contribution is -2.22. The fraction of sp³-hybridized carbons (Fsp3) is 0.417. The van der Waals surface area contributed by atoms with Crippen molar-refractivity contribution >= 4 is 16.0 Å². The maximum atomic E-state index is 11.8. The molecule has 18 heavy (non-hydrogen) atoms. The monoisotopic (exact) mass is 271 g/mol. The van der Waals surface area contributed by atoms with Crippen LogP contribution < -0.4 is 0 Å².